The van der Waals surface area contributed by atoms with Gasteiger partial charge in [0, 0.05) is 41.9 Å². The molecule has 1 fully saturated rings. The van der Waals surface area contributed by atoms with Crippen molar-refractivity contribution < 1.29 is 13.2 Å². The van der Waals surface area contributed by atoms with Gasteiger partial charge in [-0.15, -0.1) is 0 Å². The standard InChI is InChI=1S/C20H20ClN3O3S/c21-16-3-6-18-19(7-8-22-20(18)13-16)23-14-15-1-4-17(5-2-15)28(25,26)24-9-11-27-12-10-24/h1-8,13H,9-12,14H2,(H,22,23). The van der Waals surface area contributed by atoms with E-state index in [9.17, 15) is 8.42 Å². The van der Waals surface area contributed by atoms with Crippen LogP contribution in [0, 0.1) is 0 Å². The zero-order valence-corrected chi connectivity index (χ0v) is 16.7. The number of halogens is 1. The maximum Gasteiger partial charge on any atom is 0.243 e. The van der Waals surface area contributed by atoms with E-state index in [4.69, 9.17) is 16.3 Å². The van der Waals surface area contributed by atoms with Crippen LogP contribution in [0.25, 0.3) is 10.9 Å². The molecule has 2 heterocycles. The number of nitrogens with zero attached hydrogens (tertiary/aromatic N) is 2. The summed E-state index contributed by atoms with van der Waals surface area (Å²) in [6.45, 7) is 2.23. The van der Waals surface area contributed by atoms with Crippen LogP contribution in [0.2, 0.25) is 5.02 Å². The first-order chi connectivity index (χ1) is 13.5. The molecule has 0 saturated carbocycles. The highest BCUT2D eigenvalue weighted by molar-refractivity contribution is 7.89. The molecule has 0 bridgehead atoms. The van der Waals surface area contributed by atoms with Crippen LogP contribution in [0.3, 0.4) is 0 Å². The maximum absolute atomic E-state index is 12.7. The van der Waals surface area contributed by atoms with Gasteiger partial charge in [0.1, 0.15) is 0 Å². The first kappa shape index (κ1) is 19.1. The Morgan fingerprint density at radius 1 is 1.07 bits per heavy atom. The minimum absolute atomic E-state index is 0.308. The summed E-state index contributed by atoms with van der Waals surface area (Å²) >= 11 is 6.03. The van der Waals surface area contributed by atoms with Gasteiger partial charge in [-0.25, -0.2) is 8.42 Å². The van der Waals surface area contributed by atoms with Gasteiger partial charge < -0.3 is 10.1 Å². The van der Waals surface area contributed by atoms with Crippen molar-refractivity contribution in [3.8, 4) is 0 Å². The second-order valence-corrected chi connectivity index (χ2v) is 8.91. The second-order valence-electron chi connectivity index (χ2n) is 6.53. The third-order valence-electron chi connectivity index (χ3n) is 4.72. The van der Waals surface area contributed by atoms with E-state index in [1.54, 1.807) is 18.3 Å². The molecule has 0 unspecified atom stereocenters. The maximum atomic E-state index is 12.7. The van der Waals surface area contributed by atoms with Crippen LogP contribution in [0.1, 0.15) is 5.56 Å². The summed E-state index contributed by atoms with van der Waals surface area (Å²) in [7, 11) is -3.47. The van der Waals surface area contributed by atoms with Crippen molar-refractivity contribution in [2.75, 3.05) is 31.6 Å². The van der Waals surface area contributed by atoms with E-state index in [1.165, 1.54) is 4.31 Å². The van der Waals surface area contributed by atoms with Crippen LogP contribution in [0.5, 0.6) is 0 Å². The SMILES string of the molecule is O=S(=O)(c1ccc(CNc2ccnc3cc(Cl)ccc23)cc1)N1CCOCC1. The fourth-order valence-electron chi connectivity index (χ4n) is 3.19. The number of fused-ring (bicyclic) bond motifs is 1. The lowest BCUT2D eigenvalue weighted by molar-refractivity contribution is 0.0730. The predicted molar refractivity (Wildman–Crippen MR) is 110 cm³/mol. The number of sulfonamides is 1. The van der Waals surface area contributed by atoms with Crippen molar-refractivity contribution in [2.45, 2.75) is 11.4 Å². The van der Waals surface area contributed by atoms with Gasteiger partial charge in [0.05, 0.1) is 23.6 Å². The van der Waals surface area contributed by atoms with Crippen molar-refractivity contribution >= 4 is 38.2 Å². The molecule has 0 radical (unpaired) electrons. The van der Waals surface area contributed by atoms with Gasteiger partial charge in [0.15, 0.2) is 0 Å². The Bertz CT molecular complexity index is 1080. The number of ether oxygens (including phenoxy) is 1. The smallest absolute Gasteiger partial charge is 0.243 e. The van der Waals surface area contributed by atoms with E-state index in [-0.39, 0.29) is 0 Å². The van der Waals surface area contributed by atoms with Gasteiger partial charge in [-0.3, -0.25) is 4.98 Å². The summed E-state index contributed by atoms with van der Waals surface area (Å²) in [5.74, 6) is 0. The fraction of sp³-hybridized carbons (Fsp3) is 0.250. The third-order valence-corrected chi connectivity index (χ3v) is 6.87. The molecule has 146 valence electrons. The molecule has 1 aromatic heterocycles. The molecule has 1 saturated heterocycles. The highest BCUT2D eigenvalue weighted by Crippen LogP contribution is 2.25. The van der Waals surface area contributed by atoms with E-state index in [0.717, 1.165) is 22.2 Å². The molecule has 8 heteroatoms. The highest BCUT2D eigenvalue weighted by Gasteiger charge is 2.26. The van der Waals surface area contributed by atoms with Crippen LogP contribution < -0.4 is 5.32 Å². The summed E-state index contributed by atoms with van der Waals surface area (Å²) in [5.41, 5.74) is 2.76. The fourth-order valence-corrected chi connectivity index (χ4v) is 4.76. The number of nitrogens with one attached hydrogen (secondary N) is 1. The van der Waals surface area contributed by atoms with Crippen LogP contribution >= 0.6 is 11.6 Å². The number of benzene rings is 2. The van der Waals surface area contributed by atoms with Crippen molar-refractivity contribution in [2.24, 2.45) is 0 Å². The number of pyridine rings is 1. The summed E-state index contributed by atoms with van der Waals surface area (Å²) < 4.78 is 32.1. The Balaban J connectivity index is 1.48. The van der Waals surface area contributed by atoms with Gasteiger partial charge in [0.2, 0.25) is 10.0 Å². The lowest BCUT2D eigenvalue weighted by atomic mass is 10.1. The summed E-state index contributed by atoms with van der Waals surface area (Å²) in [6.07, 6.45) is 1.74. The average molecular weight is 418 g/mol. The summed E-state index contributed by atoms with van der Waals surface area (Å²) in [6, 6.07) is 14.5. The molecule has 1 aliphatic rings. The molecule has 0 atom stereocenters. The molecule has 4 rings (SSSR count). The predicted octanol–water partition coefficient (Wildman–Crippen LogP) is 3.52. The molecule has 1 N–H and O–H groups in total. The van der Waals surface area contributed by atoms with Crippen molar-refractivity contribution in [3.63, 3.8) is 0 Å². The van der Waals surface area contributed by atoms with Gasteiger partial charge in [-0.1, -0.05) is 23.7 Å². The Hall–Kier alpha value is -2.19. The highest BCUT2D eigenvalue weighted by atomic mass is 35.5. The lowest BCUT2D eigenvalue weighted by Crippen LogP contribution is -2.40. The number of morpholine rings is 1. The number of hydrogen-bond acceptors (Lipinski definition) is 5. The Kier molecular flexibility index (Phi) is 5.50. The molecule has 0 spiro atoms. The number of hydrogen-bond donors (Lipinski definition) is 1. The van der Waals surface area contributed by atoms with E-state index in [0.29, 0.717) is 42.8 Å². The van der Waals surface area contributed by atoms with Gasteiger partial charge in [-0.05, 0) is 42.0 Å². The zero-order valence-electron chi connectivity index (χ0n) is 15.1. The number of anilines is 1. The van der Waals surface area contributed by atoms with E-state index >= 15 is 0 Å². The monoisotopic (exact) mass is 417 g/mol. The molecule has 2 aromatic carbocycles. The van der Waals surface area contributed by atoms with Crippen molar-refractivity contribution in [1.82, 2.24) is 9.29 Å². The second kappa shape index (κ2) is 8.05. The Labute approximate surface area is 169 Å². The van der Waals surface area contributed by atoms with E-state index in [2.05, 4.69) is 10.3 Å². The zero-order chi connectivity index (χ0) is 19.6. The first-order valence-electron chi connectivity index (χ1n) is 8.99. The largest absolute Gasteiger partial charge is 0.380 e. The lowest BCUT2D eigenvalue weighted by Gasteiger charge is -2.26. The minimum Gasteiger partial charge on any atom is -0.380 e. The molecule has 0 amide bonds. The van der Waals surface area contributed by atoms with Gasteiger partial charge in [-0.2, -0.15) is 4.31 Å². The molecule has 1 aliphatic heterocycles. The average Bonchev–Trinajstić information content (AvgIpc) is 2.73. The van der Waals surface area contributed by atoms with Crippen molar-refractivity contribution in [3.05, 3.63) is 65.3 Å². The number of aromatic nitrogens is 1. The van der Waals surface area contributed by atoms with Crippen LogP contribution in [0.4, 0.5) is 5.69 Å². The normalized spacial score (nSPS) is 15.6. The topological polar surface area (TPSA) is 71.5 Å². The Morgan fingerprint density at radius 2 is 1.82 bits per heavy atom. The minimum atomic E-state index is -3.47. The summed E-state index contributed by atoms with van der Waals surface area (Å²) in [4.78, 5) is 4.64. The molecular weight excluding hydrogens is 398 g/mol. The quantitative estimate of drug-likeness (QED) is 0.687. The molecular formula is C20H20ClN3O3S. The van der Waals surface area contributed by atoms with E-state index in [1.807, 2.05) is 36.4 Å². The van der Waals surface area contributed by atoms with E-state index < -0.39 is 10.0 Å². The summed E-state index contributed by atoms with van der Waals surface area (Å²) in [5, 5.41) is 5.02. The molecule has 28 heavy (non-hydrogen) atoms. The Morgan fingerprint density at radius 3 is 2.57 bits per heavy atom. The first-order valence-corrected chi connectivity index (χ1v) is 10.8. The molecule has 6 nitrogen and oxygen atoms in total. The number of rotatable bonds is 5. The van der Waals surface area contributed by atoms with Gasteiger partial charge in [0.25, 0.3) is 0 Å². The third kappa shape index (κ3) is 3.98. The van der Waals surface area contributed by atoms with Crippen LogP contribution in [-0.4, -0.2) is 44.0 Å². The van der Waals surface area contributed by atoms with Gasteiger partial charge >= 0.3 is 0 Å². The van der Waals surface area contributed by atoms with Crippen molar-refractivity contribution in [1.29, 1.82) is 0 Å². The molecule has 3 aromatic rings. The van der Waals surface area contributed by atoms with Crippen LogP contribution in [0.15, 0.2) is 59.6 Å². The van der Waals surface area contributed by atoms with Crippen LogP contribution in [-0.2, 0) is 21.3 Å². The molecule has 0 aliphatic carbocycles.